The van der Waals surface area contributed by atoms with Gasteiger partial charge in [0.1, 0.15) is 0 Å². The lowest BCUT2D eigenvalue weighted by molar-refractivity contribution is 0.408. The SMILES string of the molecule is C=CC(C)c1c(Cl)c(O)c(O)c2ccccc12. The molecule has 0 saturated carbocycles. The van der Waals surface area contributed by atoms with Crippen LogP contribution < -0.4 is 0 Å². The minimum Gasteiger partial charge on any atom is -0.504 e. The Morgan fingerprint density at radius 2 is 1.76 bits per heavy atom. The number of phenols is 2. The van der Waals surface area contributed by atoms with Crippen LogP contribution in [0.3, 0.4) is 0 Å². The van der Waals surface area contributed by atoms with E-state index < -0.39 is 0 Å². The lowest BCUT2D eigenvalue weighted by Gasteiger charge is -2.15. The number of halogens is 1. The molecule has 0 amide bonds. The lowest BCUT2D eigenvalue weighted by Crippen LogP contribution is -1.93. The zero-order chi connectivity index (χ0) is 12.6. The molecule has 2 rings (SSSR count). The first-order valence-electron chi connectivity index (χ1n) is 5.32. The van der Waals surface area contributed by atoms with Crippen molar-refractivity contribution < 1.29 is 10.2 Å². The summed E-state index contributed by atoms with van der Waals surface area (Å²) in [7, 11) is 0. The summed E-state index contributed by atoms with van der Waals surface area (Å²) in [5, 5.41) is 21.3. The topological polar surface area (TPSA) is 40.5 Å². The standard InChI is InChI=1S/C14H13ClO2/c1-3-8(2)11-9-6-4-5-7-10(9)13(16)14(17)12(11)15/h3-8,16-17H,1H2,2H3. The van der Waals surface area contributed by atoms with Gasteiger partial charge in [-0.3, -0.25) is 0 Å². The molecular formula is C14H13ClO2. The summed E-state index contributed by atoms with van der Waals surface area (Å²) >= 11 is 6.09. The fraction of sp³-hybridized carbons (Fsp3) is 0.143. The summed E-state index contributed by atoms with van der Waals surface area (Å²) in [4.78, 5) is 0. The molecule has 1 atom stereocenters. The molecule has 0 radical (unpaired) electrons. The number of aromatic hydroxyl groups is 2. The van der Waals surface area contributed by atoms with E-state index in [1.54, 1.807) is 18.2 Å². The molecule has 0 bridgehead atoms. The van der Waals surface area contributed by atoms with Gasteiger partial charge in [0.2, 0.25) is 0 Å². The average Bonchev–Trinajstić information content (AvgIpc) is 2.36. The molecule has 0 aliphatic heterocycles. The number of fused-ring (bicyclic) bond motifs is 1. The van der Waals surface area contributed by atoms with Crippen molar-refractivity contribution in [3.8, 4) is 11.5 Å². The first-order valence-corrected chi connectivity index (χ1v) is 5.70. The summed E-state index contributed by atoms with van der Waals surface area (Å²) in [6, 6.07) is 7.29. The van der Waals surface area contributed by atoms with Gasteiger partial charge in [0.15, 0.2) is 11.5 Å². The van der Waals surface area contributed by atoms with E-state index in [0.717, 1.165) is 10.9 Å². The Labute approximate surface area is 105 Å². The molecule has 2 aromatic rings. The fourth-order valence-corrected chi connectivity index (χ4v) is 2.33. The Morgan fingerprint density at radius 3 is 2.35 bits per heavy atom. The van der Waals surface area contributed by atoms with E-state index in [1.165, 1.54) is 0 Å². The first kappa shape index (κ1) is 11.8. The smallest absolute Gasteiger partial charge is 0.177 e. The van der Waals surface area contributed by atoms with Gasteiger partial charge in [-0.25, -0.2) is 0 Å². The number of allylic oxidation sites excluding steroid dienone is 1. The van der Waals surface area contributed by atoms with Crippen LogP contribution in [0.15, 0.2) is 36.9 Å². The van der Waals surface area contributed by atoms with Crippen LogP contribution in [0.25, 0.3) is 10.8 Å². The highest BCUT2D eigenvalue weighted by atomic mass is 35.5. The Morgan fingerprint density at radius 1 is 1.18 bits per heavy atom. The summed E-state index contributed by atoms with van der Waals surface area (Å²) in [5.74, 6) is -0.446. The van der Waals surface area contributed by atoms with Crippen LogP contribution in [0, 0.1) is 0 Å². The summed E-state index contributed by atoms with van der Waals surface area (Å²) in [5.41, 5.74) is 0.785. The van der Waals surface area contributed by atoms with E-state index in [-0.39, 0.29) is 22.4 Å². The molecule has 0 saturated heterocycles. The van der Waals surface area contributed by atoms with Crippen LogP contribution >= 0.6 is 11.6 Å². The number of hydrogen-bond donors (Lipinski definition) is 2. The van der Waals surface area contributed by atoms with Crippen molar-refractivity contribution in [2.75, 3.05) is 0 Å². The molecule has 1 unspecified atom stereocenters. The average molecular weight is 249 g/mol. The minimum absolute atomic E-state index is 0.00102. The van der Waals surface area contributed by atoms with Gasteiger partial charge in [-0.2, -0.15) is 0 Å². The first-order chi connectivity index (χ1) is 8.07. The van der Waals surface area contributed by atoms with Crippen molar-refractivity contribution in [1.29, 1.82) is 0 Å². The molecule has 0 spiro atoms. The highest BCUT2D eigenvalue weighted by Gasteiger charge is 2.19. The Bertz CT molecular complexity index is 590. The van der Waals surface area contributed by atoms with Crippen LogP contribution in [0.1, 0.15) is 18.4 Å². The van der Waals surface area contributed by atoms with E-state index in [4.69, 9.17) is 11.6 Å². The largest absolute Gasteiger partial charge is 0.504 e. The highest BCUT2D eigenvalue weighted by molar-refractivity contribution is 6.34. The monoisotopic (exact) mass is 248 g/mol. The van der Waals surface area contributed by atoms with Crippen LogP contribution in [0.5, 0.6) is 11.5 Å². The zero-order valence-corrected chi connectivity index (χ0v) is 10.2. The van der Waals surface area contributed by atoms with Crippen molar-refractivity contribution in [3.05, 3.63) is 47.5 Å². The Hall–Kier alpha value is -1.67. The van der Waals surface area contributed by atoms with E-state index in [1.807, 2.05) is 19.1 Å². The van der Waals surface area contributed by atoms with Gasteiger partial charge in [0.25, 0.3) is 0 Å². The fourth-order valence-electron chi connectivity index (χ4n) is 1.96. The quantitative estimate of drug-likeness (QED) is 0.618. The summed E-state index contributed by atoms with van der Waals surface area (Å²) in [6.07, 6.45) is 1.75. The Balaban J connectivity index is 2.95. The second-order valence-corrected chi connectivity index (χ2v) is 4.37. The second-order valence-electron chi connectivity index (χ2n) is 3.99. The van der Waals surface area contributed by atoms with Gasteiger partial charge in [-0.15, -0.1) is 6.58 Å². The predicted molar refractivity (Wildman–Crippen MR) is 70.9 cm³/mol. The maximum atomic E-state index is 9.86. The van der Waals surface area contributed by atoms with E-state index in [0.29, 0.717) is 5.39 Å². The molecule has 2 N–H and O–H groups in total. The summed E-state index contributed by atoms with van der Waals surface area (Å²) in [6.45, 7) is 5.68. The van der Waals surface area contributed by atoms with E-state index >= 15 is 0 Å². The Kier molecular flexibility index (Phi) is 2.99. The van der Waals surface area contributed by atoms with Crippen LogP contribution in [0.4, 0.5) is 0 Å². The van der Waals surface area contributed by atoms with Crippen LogP contribution in [-0.4, -0.2) is 10.2 Å². The normalized spacial score (nSPS) is 12.6. The van der Waals surface area contributed by atoms with Gasteiger partial charge in [0, 0.05) is 11.3 Å². The molecule has 0 heterocycles. The zero-order valence-electron chi connectivity index (χ0n) is 9.44. The van der Waals surface area contributed by atoms with Gasteiger partial charge < -0.3 is 10.2 Å². The van der Waals surface area contributed by atoms with Crippen molar-refractivity contribution in [2.45, 2.75) is 12.8 Å². The minimum atomic E-state index is -0.269. The number of phenolic OH excluding ortho intramolecular Hbond substituents is 2. The molecule has 0 fully saturated rings. The van der Waals surface area contributed by atoms with Crippen molar-refractivity contribution in [2.24, 2.45) is 0 Å². The van der Waals surface area contributed by atoms with Crippen molar-refractivity contribution >= 4 is 22.4 Å². The third-order valence-corrected chi connectivity index (χ3v) is 3.33. The number of rotatable bonds is 2. The highest BCUT2D eigenvalue weighted by Crippen LogP contribution is 2.45. The van der Waals surface area contributed by atoms with Crippen LogP contribution in [-0.2, 0) is 0 Å². The molecule has 0 aliphatic carbocycles. The van der Waals surface area contributed by atoms with Crippen molar-refractivity contribution in [3.63, 3.8) is 0 Å². The molecule has 2 nitrogen and oxygen atoms in total. The van der Waals surface area contributed by atoms with Crippen LogP contribution in [0.2, 0.25) is 5.02 Å². The third kappa shape index (κ3) is 1.75. The number of benzene rings is 2. The molecule has 17 heavy (non-hydrogen) atoms. The van der Waals surface area contributed by atoms with Gasteiger partial charge >= 0.3 is 0 Å². The van der Waals surface area contributed by atoms with Gasteiger partial charge in [-0.05, 0) is 10.9 Å². The van der Waals surface area contributed by atoms with E-state index in [9.17, 15) is 10.2 Å². The molecular weight excluding hydrogens is 236 g/mol. The number of hydrogen-bond acceptors (Lipinski definition) is 2. The molecule has 88 valence electrons. The lowest BCUT2D eigenvalue weighted by atomic mass is 9.93. The summed E-state index contributed by atoms with van der Waals surface area (Å²) < 4.78 is 0. The molecule has 0 aliphatic rings. The van der Waals surface area contributed by atoms with Gasteiger partial charge in [0.05, 0.1) is 5.02 Å². The molecule has 0 aromatic heterocycles. The second kappa shape index (κ2) is 4.30. The van der Waals surface area contributed by atoms with E-state index in [2.05, 4.69) is 6.58 Å². The maximum absolute atomic E-state index is 9.86. The van der Waals surface area contributed by atoms with Gasteiger partial charge in [-0.1, -0.05) is 48.9 Å². The predicted octanol–water partition coefficient (Wildman–Crippen LogP) is 4.19. The maximum Gasteiger partial charge on any atom is 0.177 e. The third-order valence-electron chi connectivity index (χ3n) is 2.95. The molecule has 3 heteroatoms. The van der Waals surface area contributed by atoms with Crippen molar-refractivity contribution in [1.82, 2.24) is 0 Å². The molecule has 2 aromatic carbocycles.